The van der Waals surface area contributed by atoms with Gasteiger partial charge in [-0.2, -0.15) is 0 Å². The molecular weight excluding hydrogens is 378 g/mol. The van der Waals surface area contributed by atoms with Crippen molar-refractivity contribution in [3.63, 3.8) is 0 Å². The summed E-state index contributed by atoms with van der Waals surface area (Å²) in [4.78, 5) is 49.4. The molecular formula is C16H15N3O7S. The molecule has 0 saturated heterocycles. The molecule has 0 amide bonds. The molecule has 0 fully saturated rings. The second-order valence-electron chi connectivity index (χ2n) is 5.07. The van der Waals surface area contributed by atoms with Crippen LogP contribution in [0, 0.1) is 14.9 Å². The Morgan fingerprint density at radius 3 is 2.44 bits per heavy atom. The van der Waals surface area contributed by atoms with Gasteiger partial charge < -0.3 is 14.5 Å². The molecule has 142 valence electrons. The fourth-order valence-corrected chi connectivity index (χ4v) is 2.46. The summed E-state index contributed by atoms with van der Waals surface area (Å²) in [6.45, 7) is 2.95. The molecule has 0 radical (unpaired) electrons. The van der Waals surface area contributed by atoms with Gasteiger partial charge in [0.05, 0.1) is 29.2 Å². The quantitative estimate of drug-likeness (QED) is 0.111. The number of ether oxygens (including phenoxy) is 2. The van der Waals surface area contributed by atoms with Crippen LogP contribution in [0.3, 0.4) is 0 Å². The number of hydrogen-bond donors (Lipinski definition) is 1. The zero-order chi connectivity index (χ0) is 20.1. The minimum Gasteiger partial charge on any atom is -0.462 e. The summed E-state index contributed by atoms with van der Waals surface area (Å²) >= 11 is 5.15. The van der Waals surface area contributed by atoms with Crippen LogP contribution in [0.25, 0.3) is 17.2 Å². The van der Waals surface area contributed by atoms with Crippen molar-refractivity contribution in [1.29, 1.82) is 0 Å². The molecule has 0 unspecified atom stereocenters. The second-order valence-corrected chi connectivity index (χ2v) is 5.46. The molecule has 11 heteroatoms. The van der Waals surface area contributed by atoms with E-state index in [-0.39, 0.29) is 29.2 Å². The van der Waals surface area contributed by atoms with E-state index in [9.17, 15) is 24.5 Å². The molecule has 1 heterocycles. The van der Waals surface area contributed by atoms with Crippen molar-refractivity contribution in [2.75, 3.05) is 13.2 Å². The van der Waals surface area contributed by atoms with Gasteiger partial charge in [-0.1, -0.05) is 0 Å². The number of benzene rings is 1. The summed E-state index contributed by atoms with van der Waals surface area (Å²) in [7, 11) is 0. The van der Waals surface area contributed by atoms with Crippen molar-refractivity contribution in [2.45, 2.75) is 13.8 Å². The lowest BCUT2D eigenvalue weighted by atomic mass is 10.2. The molecule has 1 aromatic carbocycles. The highest BCUT2D eigenvalue weighted by molar-refractivity contribution is 7.71. The molecule has 0 spiro atoms. The number of hydrogen-bond acceptors (Lipinski definition) is 8. The number of aromatic nitrogens is 2. The van der Waals surface area contributed by atoms with Crippen LogP contribution in [0.15, 0.2) is 23.8 Å². The van der Waals surface area contributed by atoms with Crippen LogP contribution in [0.2, 0.25) is 0 Å². The van der Waals surface area contributed by atoms with Crippen LogP contribution < -0.4 is 0 Å². The summed E-state index contributed by atoms with van der Waals surface area (Å²) in [6.07, 6.45) is 1.00. The largest absolute Gasteiger partial charge is 0.462 e. The number of esters is 2. The predicted octanol–water partition coefficient (Wildman–Crippen LogP) is 2.14. The smallest absolute Gasteiger partial charge is 0.380 e. The Labute approximate surface area is 157 Å². The van der Waals surface area contributed by atoms with Crippen LogP contribution in [0.4, 0.5) is 5.69 Å². The van der Waals surface area contributed by atoms with E-state index in [1.807, 2.05) is 0 Å². The van der Waals surface area contributed by atoms with Crippen LogP contribution >= 0.6 is 12.2 Å². The zero-order valence-corrected chi connectivity index (χ0v) is 15.2. The molecule has 0 aliphatic carbocycles. The first-order chi connectivity index (χ1) is 12.8. The summed E-state index contributed by atoms with van der Waals surface area (Å²) in [5.41, 5.74) is -0.145. The number of nitro benzene ring substituents is 1. The maximum absolute atomic E-state index is 12.3. The molecule has 0 saturated carbocycles. The number of rotatable bonds is 7. The summed E-state index contributed by atoms with van der Waals surface area (Å²) in [5, 5.41) is 11.0. The summed E-state index contributed by atoms with van der Waals surface area (Å²) in [6, 6.07) is 3.93. The number of imidazole rings is 1. The number of ketones is 1. The van der Waals surface area contributed by atoms with Gasteiger partial charge >= 0.3 is 11.9 Å². The number of Topliss-reactive ketones (excluding diaryl/α,β-unsaturated/α-hetero) is 1. The zero-order valence-electron chi connectivity index (χ0n) is 14.4. The van der Waals surface area contributed by atoms with Gasteiger partial charge in [0.15, 0.2) is 4.77 Å². The molecule has 1 N–H and O–H groups in total. The number of nitrogens with zero attached hydrogens (tertiary/aromatic N) is 2. The Kier molecular flexibility index (Phi) is 6.19. The number of carbonyl (C=O) groups is 3. The van der Waals surface area contributed by atoms with Crippen LogP contribution in [-0.4, -0.2) is 45.4 Å². The summed E-state index contributed by atoms with van der Waals surface area (Å²) in [5.74, 6) is -3.48. The third kappa shape index (κ3) is 4.26. The molecule has 0 aliphatic heterocycles. The van der Waals surface area contributed by atoms with Crippen LogP contribution in [0.5, 0.6) is 0 Å². The second kappa shape index (κ2) is 8.36. The summed E-state index contributed by atoms with van der Waals surface area (Å²) < 4.78 is 10.7. The normalized spacial score (nSPS) is 11.3. The van der Waals surface area contributed by atoms with E-state index in [2.05, 4.69) is 9.72 Å². The van der Waals surface area contributed by atoms with Gasteiger partial charge in [0, 0.05) is 18.3 Å². The van der Waals surface area contributed by atoms with Crippen molar-refractivity contribution >= 4 is 52.9 Å². The van der Waals surface area contributed by atoms with Gasteiger partial charge in [0.2, 0.25) is 0 Å². The maximum Gasteiger partial charge on any atom is 0.380 e. The van der Waals surface area contributed by atoms with E-state index in [0.717, 1.165) is 6.20 Å². The van der Waals surface area contributed by atoms with E-state index < -0.39 is 28.2 Å². The van der Waals surface area contributed by atoms with Crippen LogP contribution in [-0.2, 0) is 23.9 Å². The average Bonchev–Trinajstić information content (AvgIpc) is 2.93. The molecule has 0 bridgehead atoms. The monoisotopic (exact) mass is 393 g/mol. The Bertz CT molecular complexity index is 1020. The number of fused-ring (bicyclic) bond motifs is 1. The van der Waals surface area contributed by atoms with Crippen molar-refractivity contribution < 1.29 is 28.8 Å². The van der Waals surface area contributed by atoms with Gasteiger partial charge in [-0.15, -0.1) is 0 Å². The SMILES string of the molecule is CCOC(=O)C(=O)/C(=C/n1c(=S)[nH]c2ccc([N+](=O)[O-])cc21)C(=O)OCC. The fraction of sp³-hybridized carbons (Fsp3) is 0.250. The Morgan fingerprint density at radius 2 is 1.85 bits per heavy atom. The number of aromatic amines is 1. The Hall–Kier alpha value is -3.34. The lowest BCUT2D eigenvalue weighted by molar-refractivity contribution is -0.384. The van der Waals surface area contributed by atoms with Gasteiger partial charge in [-0.05, 0) is 32.1 Å². The third-order valence-electron chi connectivity index (χ3n) is 3.37. The fourth-order valence-electron chi connectivity index (χ4n) is 2.20. The Morgan fingerprint density at radius 1 is 1.22 bits per heavy atom. The van der Waals surface area contributed by atoms with Crippen molar-refractivity contribution in [3.8, 4) is 0 Å². The molecule has 10 nitrogen and oxygen atoms in total. The highest BCUT2D eigenvalue weighted by atomic mass is 32.1. The van der Waals surface area contributed by atoms with E-state index >= 15 is 0 Å². The standard InChI is InChI=1S/C16H15N3O7S/c1-3-25-14(21)10(13(20)15(22)26-4-2)8-18-12-7-9(19(23)24)5-6-11(12)17-16(18)27/h5-8H,3-4H2,1-2H3,(H,17,27)/b10-8-. The molecule has 2 aromatic rings. The molecule has 1 aromatic heterocycles. The van der Waals surface area contributed by atoms with E-state index in [1.165, 1.54) is 36.6 Å². The number of carbonyl (C=O) groups excluding carboxylic acids is 3. The maximum atomic E-state index is 12.3. The van der Waals surface area contributed by atoms with Crippen molar-refractivity contribution in [2.24, 2.45) is 0 Å². The number of nitrogens with one attached hydrogen (secondary N) is 1. The number of nitro groups is 1. The lowest BCUT2D eigenvalue weighted by Crippen LogP contribution is -2.25. The minimum absolute atomic E-state index is 0.0307. The van der Waals surface area contributed by atoms with Gasteiger partial charge in [-0.3, -0.25) is 19.5 Å². The third-order valence-corrected chi connectivity index (χ3v) is 3.67. The first kappa shape index (κ1) is 20.0. The number of H-pyrrole nitrogens is 1. The first-order valence-corrected chi connectivity index (χ1v) is 8.20. The van der Waals surface area contributed by atoms with E-state index in [4.69, 9.17) is 17.0 Å². The minimum atomic E-state index is -1.23. The van der Waals surface area contributed by atoms with Gasteiger partial charge in [-0.25, -0.2) is 9.59 Å². The van der Waals surface area contributed by atoms with Crippen molar-refractivity contribution in [3.05, 3.63) is 38.7 Å². The first-order valence-electron chi connectivity index (χ1n) is 7.79. The predicted molar refractivity (Wildman–Crippen MR) is 96.3 cm³/mol. The van der Waals surface area contributed by atoms with Gasteiger partial charge in [0.25, 0.3) is 11.5 Å². The highest BCUT2D eigenvalue weighted by Gasteiger charge is 2.28. The van der Waals surface area contributed by atoms with Gasteiger partial charge in [0.1, 0.15) is 5.57 Å². The van der Waals surface area contributed by atoms with Crippen LogP contribution in [0.1, 0.15) is 13.8 Å². The lowest BCUT2D eigenvalue weighted by Gasteiger charge is -2.07. The molecule has 2 rings (SSSR count). The topological polar surface area (TPSA) is 134 Å². The van der Waals surface area contributed by atoms with Crippen molar-refractivity contribution in [1.82, 2.24) is 9.55 Å². The average molecular weight is 393 g/mol. The molecule has 0 aliphatic rings. The Balaban J connectivity index is 2.66. The van der Waals surface area contributed by atoms with E-state index in [0.29, 0.717) is 5.52 Å². The van der Waals surface area contributed by atoms with E-state index in [1.54, 1.807) is 0 Å². The number of non-ortho nitro benzene ring substituents is 1. The molecule has 0 atom stereocenters. The highest BCUT2D eigenvalue weighted by Crippen LogP contribution is 2.22. The molecule has 27 heavy (non-hydrogen) atoms.